The molecule has 1 N–H and O–H groups in total. The molecule has 0 aliphatic heterocycles. The molecule has 0 bridgehead atoms. The smallest absolute Gasteiger partial charge is 0.331 e. The normalized spacial score (nSPS) is 10.9. The Labute approximate surface area is 117 Å². The molecule has 1 amide bonds. The Bertz CT molecular complexity index is 581. The predicted octanol–water partition coefficient (Wildman–Crippen LogP) is 2.39. The van der Waals surface area contributed by atoms with Crippen molar-refractivity contribution in [3.8, 4) is 6.07 Å². The van der Waals surface area contributed by atoms with Crippen molar-refractivity contribution in [1.82, 2.24) is 0 Å². The van der Waals surface area contributed by atoms with Crippen molar-refractivity contribution in [2.75, 3.05) is 5.32 Å². The lowest BCUT2D eigenvalue weighted by Gasteiger charge is -2.13. The summed E-state index contributed by atoms with van der Waals surface area (Å²) in [5.74, 6) is -1.05. The zero-order valence-electron chi connectivity index (χ0n) is 11.6. The Kier molecular flexibility index (Phi) is 5.48. The van der Waals surface area contributed by atoms with Crippen molar-refractivity contribution >= 4 is 17.6 Å². The second-order valence-electron chi connectivity index (χ2n) is 4.45. The molecule has 0 aliphatic rings. The zero-order chi connectivity index (χ0) is 15.1. The van der Waals surface area contributed by atoms with Gasteiger partial charge in [0.25, 0.3) is 5.91 Å². The fourth-order valence-corrected chi connectivity index (χ4v) is 1.42. The number of para-hydroxylation sites is 1. The highest BCUT2D eigenvalue weighted by Gasteiger charge is 2.17. The van der Waals surface area contributed by atoms with Gasteiger partial charge >= 0.3 is 5.97 Å². The third-order valence-corrected chi connectivity index (χ3v) is 2.37. The molecule has 0 fully saturated rings. The van der Waals surface area contributed by atoms with Crippen LogP contribution in [0.5, 0.6) is 0 Å². The van der Waals surface area contributed by atoms with Gasteiger partial charge in [-0.1, -0.05) is 17.7 Å². The second kappa shape index (κ2) is 7.10. The SMILES string of the molecule is CC(C)=CC(=O)O[C@H](C)C(=O)Nc1ccccc1C#N. The Hall–Kier alpha value is -2.61. The van der Waals surface area contributed by atoms with Crippen molar-refractivity contribution in [2.24, 2.45) is 0 Å². The van der Waals surface area contributed by atoms with Gasteiger partial charge in [0.05, 0.1) is 11.3 Å². The quantitative estimate of drug-likeness (QED) is 0.674. The number of nitriles is 1. The van der Waals surface area contributed by atoms with E-state index in [4.69, 9.17) is 10.00 Å². The number of nitrogens with one attached hydrogen (secondary N) is 1. The summed E-state index contributed by atoms with van der Waals surface area (Å²) in [4.78, 5) is 23.3. The van der Waals surface area contributed by atoms with Gasteiger partial charge in [-0.05, 0) is 32.9 Å². The van der Waals surface area contributed by atoms with Crippen molar-refractivity contribution < 1.29 is 14.3 Å². The molecule has 1 rings (SSSR count). The number of hydrogen-bond donors (Lipinski definition) is 1. The number of anilines is 1. The van der Waals surface area contributed by atoms with E-state index in [0.717, 1.165) is 5.57 Å². The number of rotatable bonds is 4. The summed E-state index contributed by atoms with van der Waals surface area (Å²) in [6.45, 7) is 4.99. The first-order chi connectivity index (χ1) is 9.43. The summed E-state index contributed by atoms with van der Waals surface area (Å²) in [6.07, 6.45) is 0.373. The van der Waals surface area contributed by atoms with E-state index in [0.29, 0.717) is 11.3 Å². The third-order valence-electron chi connectivity index (χ3n) is 2.37. The monoisotopic (exact) mass is 272 g/mol. The van der Waals surface area contributed by atoms with Crippen LogP contribution in [0.15, 0.2) is 35.9 Å². The highest BCUT2D eigenvalue weighted by atomic mass is 16.5. The van der Waals surface area contributed by atoms with Crippen LogP contribution in [0.3, 0.4) is 0 Å². The van der Waals surface area contributed by atoms with Crippen molar-refractivity contribution in [1.29, 1.82) is 5.26 Å². The summed E-state index contributed by atoms with van der Waals surface area (Å²) in [5.41, 5.74) is 1.53. The molecule has 0 radical (unpaired) electrons. The molecule has 104 valence electrons. The molecule has 1 atom stereocenters. The summed E-state index contributed by atoms with van der Waals surface area (Å²) in [6, 6.07) is 8.59. The summed E-state index contributed by atoms with van der Waals surface area (Å²) in [7, 11) is 0. The highest BCUT2D eigenvalue weighted by Crippen LogP contribution is 2.14. The Morgan fingerprint density at radius 2 is 2.00 bits per heavy atom. The van der Waals surface area contributed by atoms with Gasteiger partial charge in [-0.15, -0.1) is 0 Å². The number of carbonyl (C=O) groups is 2. The molecule has 1 aromatic carbocycles. The average Bonchev–Trinajstić information content (AvgIpc) is 2.38. The summed E-state index contributed by atoms with van der Waals surface area (Å²) < 4.78 is 4.96. The molecule has 0 saturated carbocycles. The lowest BCUT2D eigenvalue weighted by atomic mass is 10.2. The maximum atomic E-state index is 11.9. The molecule has 0 unspecified atom stereocenters. The molecule has 0 aliphatic carbocycles. The van der Waals surface area contributed by atoms with Crippen molar-refractivity contribution in [3.63, 3.8) is 0 Å². The van der Waals surface area contributed by atoms with E-state index in [1.165, 1.54) is 13.0 Å². The van der Waals surface area contributed by atoms with E-state index in [1.54, 1.807) is 38.1 Å². The fraction of sp³-hybridized carbons (Fsp3) is 0.267. The highest BCUT2D eigenvalue weighted by molar-refractivity contribution is 5.96. The van der Waals surface area contributed by atoms with Crippen LogP contribution in [0.2, 0.25) is 0 Å². The largest absolute Gasteiger partial charge is 0.449 e. The van der Waals surface area contributed by atoms with E-state index in [1.807, 2.05) is 6.07 Å². The molecule has 0 spiro atoms. The van der Waals surface area contributed by atoms with Gasteiger partial charge in [0.2, 0.25) is 0 Å². The number of allylic oxidation sites excluding steroid dienone is 1. The molecule has 5 nitrogen and oxygen atoms in total. The molecule has 0 aromatic heterocycles. The van der Waals surface area contributed by atoms with Crippen LogP contribution in [-0.2, 0) is 14.3 Å². The van der Waals surface area contributed by atoms with Crippen molar-refractivity contribution in [3.05, 3.63) is 41.5 Å². The molecular formula is C15H16N2O3. The first-order valence-electron chi connectivity index (χ1n) is 6.09. The number of ether oxygens (including phenoxy) is 1. The standard InChI is InChI=1S/C15H16N2O3/c1-10(2)8-14(18)20-11(3)15(19)17-13-7-5-4-6-12(13)9-16/h4-8,11H,1-3H3,(H,17,19)/t11-/m1/s1. The van der Waals surface area contributed by atoms with Crippen molar-refractivity contribution in [2.45, 2.75) is 26.9 Å². The van der Waals surface area contributed by atoms with E-state index in [-0.39, 0.29) is 0 Å². The van der Waals surface area contributed by atoms with Gasteiger partial charge in [-0.2, -0.15) is 5.26 Å². The van der Waals surface area contributed by atoms with E-state index < -0.39 is 18.0 Å². The van der Waals surface area contributed by atoms with E-state index in [2.05, 4.69) is 5.32 Å². The van der Waals surface area contributed by atoms with Gasteiger partial charge in [0.1, 0.15) is 6.07 Å². The third kappa shape index (κ3) is 4.58. The predicted molar refractivity (Wildman–Crippen MR) is 74.8 cm³/mol. The van der Waals surface area contributed by atoms with Gasteiger partial charge < -0.3 is 10.1 Å². The molecule has 0 heterocycles. The second-order valence-corrected chi connectivity index (χ2v) is 4.45. The minimum absolute atomic E-state index is 0.351. The lowest BCUT2D eigenvalue weighted by Crippen LogP contribution is -2.29. The van der Waals surface area contributed by atoms with Gasteiger partial charge in [-0.3, -0.25) is 4.79 Å². The zero-order valence-corrected chi connectivity index (χ0v) is 11.6. The fourth-order valence-electron chi connectivity index (χ4n) is 1.42. The van der Waals surface area contributed by atoms with Gasteiger partial charge in [-0.25, -0.2) is 4.79 Å². The Balaban J connectivity index is 2.69. The summed E-state index contributed by atoms with van der Waals surface area (Å²) in [5, 5.41) is 11.5. The lowest BCUT2D eigenvalue weighted by molar-refractivity contribution is -0.148. The molecular weight excluding hydrogens is 256 g/mol. The minimum Gasteiger partial charge on any atom is -0.449 e. The first kappa shape index (κ1) is 15.4. The van der Waals surface area contributed by atoms with Crippen LogP contribution in [0, 0.1) is 11.3 Å². The number of hydrogen-bond acceptors (Lipinski definition) is 4. The maximum Gasteiger partial charge on any atom is 0.331 e. The van der Waals surface area contributed by atoms with Gasteiger partial charge in [0.15, 0.2) is 6.10 Å². The maximum absolute atomic E-state index is 11.9. The van der Waals surface area contributed by atoms with Crippen LogP contribution < -0.4 is 5.32 Å². The molecule has 5 heteroatoms. The van der Waals surface area contributed by atoms with Crippen LogP contribution in [0.1, 0.15) is 26.3 Å². The summed E-state index contributed by atoms with van der Waals surface area (Å²) >= 11 is 0. The van der Waals surface area contributed by atoms with Crippen LogP contribution in [0.4, 0.5) is 5.69 Å². The number of carbonyl (C=O) groups excluding carboxylic acids is 2. The first-order valence-corrected chi connectivity index (χ1v) is 6.09. The number of nitrogens with zero attached hydrogens (tertiary/aromatic N) is 1. The number of esters is 1. The molecule has 1 aromatic rings. The van der Waals surface area contributed by atoms with E-state index in [9.17, 15) is 9.59 Å². The molecule has 20 heavy (non-hydrogen) atoms. The minimum atomic E-state index is -0.940. The number of benzene rings is 1. The molecule has 0 saturated heterocycles. The number of amides is 1. The van der Waals surface area contributed by atoms with Crippen LogP contribution in [-0.4, -0.2) is 18.0 Å². The average molecular weight is 272 g/mol. The van der Waals surface area contributed by atoms with Gasteiger partial charge in [0, 0.05) is 6.08 Å². The van der Waals surface area contributed by atoms with Crippen LogP contribution >= 0.6 is 0 Å². The van der Waals surface area contributed by atoms with Crippen LogP contribution in [0.25, 0.3) is 0 Å². The Morgan fingerprint density at radius 3 is 2.60 bits per heavy atom. The Morgan fingerprint density at radius 1 is 1.35 bits per heavy atom. The van der Waals surface area contributed by atoms with E-state index >= 15 is 0 Å². The topological polar surface area (TPSA) is 79.2 Å².